The van der Waals surface area contributed by atoms with Gasteiger partial charge >= 0.3 is 0 Å². The quantitative estimate of drug-likeness (QED) is 0.658. The molecule has 1 aliphatic heterocycles. The SMILES string of the molecule is CN(C[C@@H]1[C@@H](c2ccc(-c3ccccc3)cc2)[C@H](CO)N1C)C(=O)c1cccc(F)c1. The third kappa shape index (κ3) is 4.24. The number of carbonyl (C=O) groups excluding carboxylic acids is 1. The number of aliphatic hydroxyl groups is 1. The highest BCUT2D eigenvalue weighted by molar-refractivity contribution is 5.94. The van der Waals surface area contributed by atoms with Crippen LogP contribution in [0.4, 0.5) is 4.39 Å². The van der Waals surface area contributed by atoms with Crippen LogP contribution in [0.3, 0.4) is 0 Å². The monoisotopic (exact) mass is 418 g/mol. The van der Waals surface area contributed by atoms with Gasteiger partial charge in [-0.1, -0.05) is 60.7 Å². The van der Waals surface area contributed by atoms with Gasteiger partial charge in [-0.15, -0.1) is 0 Å². The lowest BCUT2D eigenvalue weighted by molar-refractivity contribution is -0.0317. The average Bonchev–Trinajstić information content (AvgIpc) is 2.80. The maximum absolute atomic E-state index is 13.5. The van der Waals surface area contributed by atoms with E-state index in [0.717, 1.165) is 16.7 Å². The summed E-state index contributed by atoms with van der Waals surface area (Å²) in [4.78, 5) is 16.5. The molecule has 160 valence electrons. The van der Waals surface area contributed by atoms with Crippen LogP contribution in [0.15, 0.2) is 78.9 Å². The number of nitrogens with zero attached hydrogens (tertiary/aromatic N) is 2. The van der Waals surface area contributed by atoms with Gasteiger partial charge in [-0.05, 0) is 41.9 Å². The van der Waals surface area contributed by atoms with Crippen molar-refractivity contribution in [1.29, 1.82) is 0 Å². The van der Waals surface area contributed by atoms with Gasteiger partial charge < -0.3 is 10.0 Å². The minimum atomic E-state index is -0.420. The molecule has 0 unspecified atom stereocenters. The van der Waals surface area contributed by atoms with Crippen LogP contribution in [-0.2, 0) is 0 Å². The number of rotatable bonds is 6. The third-order valence-electron chi connectivity index (χ3n) is 6.34. The number of amides is 1. The molecule has 31 heavy (non-hydrogen) atoms. The van der Waals surface area contributed by atoms with Crippen molar-refractivity contribution in [2.24, 2.45) is 0 Å². The molecular weight excluding hydrogens is 391 g/mol. The van der Waals surface area contributed by atoms with Gasteiger partial charge in [0.15, 0.2) is 0 Å². The molecule has 0 spiro atoms. The number of aliphatic hydroxyl groups excluding tert-OH is 1. The molecule has 1 aliphatic rings. The van der Waals surface area contributed by atoms with Crippen molar-refractivity contribution in [2.45, 2.75) is 18.0 Å². The number of likely N-dealkylation sites (tertiary alicyclic amines) is 1. The fourth-order valence-corrected chi connectivity index (χ4v) is 4.57. The van der Waals surface area contributed by atoms with E-state index in [1.54, 1.807) is 24.1 Å². The molecular formula is C26H27FN2O2. The number of carbonyl (C=O) groups is 1. The number of likely N-dealkylation sites (N-methyl/N-ethyl adjacent to an activating group) is 2. The third-order valence-corrected chi connectivity index (χ3v) is 6.34. The van der Waals surface area contributed by atoms with Crippen molar-refractivity contribution in [3.63, 3.8) is 0 Å². The molecule has 3 aromatic carbocycles. The van der Waals surface area contributed by atoms with E-state index in [4.69, 9.17) is 0 Å². The Morgan fingerprint density at radius 2 is 1.65 bits per heavy atom. The van der Waals surface area contributed by atoms with Crippen molar-refractivity contribution in [3.05, 3.63) is 95.8 Å². The molecule has 1 amide bonds. The Morgan fingerprint density at radius 3 is 2.29 bits per heavy atom. The number of benzene rings is 3. The number of hydrogen-bond acceptors (Lipinski definition) is 3. The molecule has 0 saturated carbocycles. The van der Waals surface area contributed by atoms with E-state index in [9.17, 15) is 14.3 Å². The summed E-state index contributed by atoms with van der Waals surface area (Å²) in [5.74, 6) is -0.516. The van der Waals surface area contributed by atoms with Crippen LogP contribution in [0.1, 0.15) is 21.8 Å². The van der Waals surface area contributed by atoms with Crippen molar-refractivity contribution >= 4 is 5.91 Å². The van der Waals surface area contributed by atoms with Crippen LogP contribution >= 0.6 is 0 Å². The van der Waals surface area contributed by atoms with Gasteiger partial charge in [0, 0.05) is 37.2 Å². The molecule has 0 bridgehead atoms. The van der Waals surface area contributed by atoms with Crippen LogP contribution in [0.2, 0.25) is 0 Å². The van der Waals surface area contributed by atoms with Crippen LogP contribution in [0.5, 0.6) is 0 Å². The van der Waals surface area contributed by atoms with E-state index in [1.165, 1.54) is 12.1 Å². The van der Waals surface area contributed by atoms with E-state index in [2.05, 4.69) is 41.3 Å². The molecule has 0 aromatic heterocycles. The van der Waals surface area contributed by atoms with Gasteiger partial charge in [-0.3, -0.25) is 9.69 Å². The zero-order valence-electron chi connectivity index (χ0n) is 17.8. The Labute approximate surface area is 182 Å². The summed E-state index contributed by atoms with van der Waals surface area (Å²) in [5, 5.41) is 9.93. The first-order valence-corrected chi connectivity index (χ1v) is 10.5. The van der Waals surface area contributed by atoms with Crippen LogP contribution in [0, 0.1) is 5.82 Å². The summed E-state index contributed by atoms with van der Waals surface area (Å²) in [5.41, 5.74) is 3.79. The minimum absolute atomic E-state index is 0.00486. The smallest absolute Gasteiger partial charge is 0.253 e. The summed E-state index contributed by atoms with van der Waals surface area (Å²) in [6, 6.07) is 24.5. The second-order valence-corrected chi connectivity index (χ2v) is 8.19. The second-order valence-electron chi connectivity index (χ2n) is 8.19. The summed E-state index contributed by atoms with van der Waals surface area (Å²) >= 11 is 0. The molecule has 0 radical (unpaired) electrons. The molecule has 1 heterocycles. The first-order valence-electron chi connectivity index (χ1n) is 10.5. The predicted octanol–water partition coefficient (Wildman–Crippen LogP) is 4.02. The largest absolute Gasteiger partial charge is 0.395 e. The predicted molar refractivity (Wildman–Crippen MR) is 120 cm³/mol. The molecule has 4 nitrogen and oxygen atoms in total. The molecule has 3 atom stereocenters. The highest BCUT2D eigenvalue weighted by Gasteiger charge is 2.47. The second kappa shape index (κ2) is 9.00. The summed E-state index contributed by atoms with van der Waals surface area (Å²) in [7, 11) is 3.71. The van der Waals surface area contributed by atoms with Crippen molar-refractivity contribution in [2.75, 3.05) is 27.2 Å². The van der Waals surface area contributed by atoms with E-state index in [-0.39, 0.29) is 30.5 Å². The minimum Gasteiger partial charge on any atom is -0.395 e. The van der Waals surface area contributed by atoms with E-state index in [1.807, 2.05) is 25.2 Å². The Morgan fingerprint density at radius 1 is 0.968 bits per heavy atom. The van der Waals surface area contributed by atoms with Crippen LogP contribution in [-0.4, -0.2) is 60.1 Å². The molecule has 3 aromatic rings. The summed E-state index contributed by atoms with van der Waals surface area (Å²) < 4.78 is 13.5. The van der Waals surface area contributed by atoms with Crippen LogP contribution in [0.25, 0.3) is 11.1 Å². The Hall–Kier alpha value is -3.02. The normalized spacial score (nSPS) is 20.8. The number of hydrogen-bond donors (Lipinski definition) is 1. The molecule has 5 heteroatoms. The molecule has 0 aliphatic carbocycles. The lowest BCUT2D eigenvalue weighted by Gasteiger charge is -2.54. The van der Waals surface area contributed by atoms with E-state index < -0.39 is 5.82 Å². The fraction of sp³-hybridized carbons (Fsp3) is 0.269. The lowest BCUT2D eigenvalue weighted by Crippen LogP contribution is -2.65. The van der Waals surface area contributed by atoms with Gasteiger partial charge in [0.2, 0.25) is 0 Å². The molecule has 1 fully saturated rings. The topological polar surface area (TPSA) is 43.8 Å². The maximum Gasteiger partial charge on any atom is 0.253 e. The standard InChI is InChI=1S/C26H27FN2O2/c1-28(26(31)21-9-6-10-22(27)15-21)16-23-25(24(17-30)29(23)2)20-13-11-19(12-14-20)18-7-4-3-5-8-18/h3-15,23-25,30H,16-17H2,1-2H3/t23-,24+,25-/m1/s1. The van der Waals surface area contributed by atoms with Crippen molar-refractivity contribution in [1.82, 2.24) is 9.80 Å². The Kier molecular flexibility index (Phi) is 6.16. The van der Waals surface area contributed by atoms with E-state index in [0.29, 0.717) is 12.1 Å². The maximum atomic E-state index is 13.5. The highest BCUT2D eigenvalue weighted by Crippen LogP contribution is 2.40. The first kappa shape index (κ1) is 21.2. The summed E-state index contributed by atoms with van der Waals surface area (Å²) in [6.45, 7) is 0.549. The highest BCUT2D eigenvalue weighted by atomic mass is 19.1. The molecule has 1 saturated heterocycles. The zero-order valence-corrected chi connectivity index (χ0v) is 17.8. The fourth-order valence-electron chi connectivity index (χ4n) is 4.57. The Balaban J connectivity index is 1.51. The summed E-state index contributed by atoms with van der Waals surface area (Å²) in [6.07, 6.45) is 0. The molecule has 4 rings (SSSR count). The van der Waals surface area contributed by atoms with Crippen LogP contribution < -0.4 is 0 Å². The van der Waals surface area contributed by atoms with Gasteiger partial charge in [0.05, 0.1) is 6.61 Å². The van der Waals surface area contributed by atoms with Gasteiger partial charge in [-0.25, -0.2) is 4.39 Å². The van der Waals surface area contributed by atoms with Crippen molar-refractivity contribution in [3.8, 4) is 11.1 Å². The molecule has 1 N–H and O–H groups in total. The van der Waals surface area contributed by atoms with Gasteiger partial charge in [0.1, 0.15) is 5.82 Å². The van der Waals surface area contributed by atoms with Gasteiger partial charge in [-0.2, -0.15) is 0 Å². The van der Waals surface area contributed by atoms with E-state index >= 15 is 0 Å². The first-order chi connectivity index (χ1) is 15.0. The number of halogens is 1. The zero-order chi connectivity index (χ0) is 22.0. The average molecular weight is 419 g/mol. The van der Waals surface area contributed by atoms with Gasteiger partial charge in [0.25, 0.3) is 5.91 Å². The lowest BCUT2D eigenvalue weighted by atomic mass is 9.75. The van der Waals surface area contributed by atoms with Crippen molar-refractivity contribution < 1.29 is 14.3 Å². The Bertz CT molecular complexity index is 1040.